The van der Waals surface area contributed by atoms with Gasteiger partial charge in [-0.05, 0) is 51.1 Å². The molecule has 43 heavy (non-hydrogen) atoms. The molecular formula is C29H33NO13. The maximum absolute atomic E-state index is 13.6. The predicted molar refractivity (Wildman–Crippen MR) is 142 cm³/mol. The molecule has 2 N–H and O–H groups in total. The van der Waals surface area contributed by atoms with Crippen molar-refractivity contribution in [1.29, 1.82) is 0 Å². The number of piperidine rings is 1. The first-order chi connectivity index (χ1) is 20.2. The zero-order valence-corrected chi connectivity index (χ0v) is 24.3. The Hall–Kier alpha value is -4.17. The van der Waals surface area contributed by atoms with Gasteiger partial charge in [-0.3, -0.25) is 9.59 Å². The van der Waals surface area contributed by atoms with E-state index >= 15 is 0 Å². The van der Waals surface area contributed by atoms with Crippen LogP contribution in [0, 0.1) is 0 Å². The van der Waals surface area contributed by atoms with Gasteiger partial charge < -0.3 is 43.5 Å². The van der Waals surface area contributed by atoms with Crippen molar-refractivity contribution in [3.63, 3.8) is 0 Å². The van der Waals surface area contributed by atoms with Gasteiger partial charge in [0.25, 0.3) is 0 Å². The SMILES string of the molecule is COc1ccc2c3c1O[C@H]1C(OC(=O)[C@H](OC(C)=O)[C@@H](OC(C)=O)C(=O)O[C@@H](C)C(=O)O)=CC[C@@]4(O)[C@H](C2)N(C)CC[C@]314. The second kappa shape index (κ2) is 10.8. The number of carboxylic acid groups (broad SMARTS) is 1. The molecule has 7 atom stereocenters. The number of hydrogen-bond donors (Lipinski definition) is 2. The molecule has 2 aliphatic heterocycles. The van der Waals surface area contributed by atoms with Gasteiger partial charge in [0.05, 0.1) is 18.1 Å². The second-order valence-electron chi connectivity index (χ2n) is 11.2. The zero-order chi connectivity index (χ0) is 31.4. The summed E-state index contributed by atoms with van der Waals surface area (Å²) in [6, 6.07) is 3.45. The first-order valence-electron chi connectivity index (χ1n) is 13.7. The summed E-state index contributed by atoms with van der Waals surface area (Å²) in [7, 11) is 3.44. The van der Waals surface area contributed by atoms with E-state index in [1.807, 2.05) is 13.1 Å². The minimum Gasteiger partial charge on any atom is -0.493 e. The Morgan fingerprint density at radius 2 is 1.70 bits per heavy atom. The minimum absolute atomic E-state index is 0.00456. The average Bonchev–Trinajstić information content (AvgIpc) is 3.29. The van der Waals surface area contributed by atoms with Crippen molar-refractivity contribution in [2.24, 2.45) is 0 Å². The van der Waals surface area contributed by atoms with Crippen LogP contribution in [0.5, 0.6) is 11.5 Å². The fourth-order valence-corrected chi connectivity index (χ4v) is 6.88. The molecule has 0 radical (unpaired) electrons. The van der Waals surface area contributed by atoms with Gasteiger partial charge in [-0.2, -0.15) is 0 Å². The number of carbonyl (C=O) groups excluding carboxylic acids is 4. The van der Waals surface area contributed by atoms with Crippen LogP contribution in [-0.2, 0) is 54.8 Å². The van der Waals surface area contributed by atoms with E-state index in [0.29, 0.717) is 30.9 Å². The van der Waals surface area contributed by atoms with E-state index in [-0.39, 0.29) is 18.2 Å². The lowest BCUT2D eigenvalue weighted by Gasteiger charge is -2.61. The number of rotatable bonds is 9. The van der Waals surface area contributed by atoms with Gasteiger partial charge in [-0.15, -0.1) is 0 Å². The van der Waals surface area contributed by atoms with Gasteiger partial charge in [-0.1, -0.05) is 6.07 Å². The van der Waals surface area contributed by atoms with Crippen LogP contribution in [0.1, 0.15) is 44.7 Å². The maximum Gasteiger partial charge on any atom is 0.357 e. The smallest absolute Gasteiger partial charge is 0.357 e. The molecule has 1 aromatic rings. The number of likely N-dealkylation sites (tertiary alicyclic amines) is 1. The van der Waals surface area contributed by atoms with Crippen molar-refractivity contribution in [2.45, 2.75) is 81.5 Å². The summed E-state index contributed by atoms with van der Waals surface area (Å²) < 4.78 is 32.6. The Morgan fingerprint density at radius 3 is 2.30 bits per heavy atom. The van der Waals surface area contributed by atoms with Crippen molar-refractivity contribution in [1.82, 2.24) is 4.90 Å². The largest absolute Gasteiger partial charge is 0.493 e. The van der Waals surface area contributed by atoms with E-state index in [0.717, 1.165) is 31.9 Å². The molecule has 14 nitrogen and oxygen atoms in total. The fourth-order valence-electron chi connectivity index (χ4n) is 6.88. The molecular weight excluding hydrogens is 570 g/mol. The normalized spacial score (nSPS) is 28.6. The van der Waals surface area contributed by atoms with Crippen molar-refractivity contribution >= 4 is 29.8 Å². The first kappa shape index (κ1) is 30.3. The zero-order valence-electron chi connectivity index (χ0n) is 24.3. The van der Waals surface area contributed by atoms with E-state index < -0.39 is 65.3 Å². The summed E-state index contributed by atoms with van der Waals surface area (Å²) in [6.07, 6.45) is -4.37. The molecule has 1 fully saturated rings. The number of carbonyl (C=O) groups is 5. The summed E-state index contributed by atoms with van der Waals surface area (Å²) in [5.74, 6) is -5.44. The molecule has 0 saturated carbocycles. The first-order valence-corrected chi connectivity index (χ1v) is 13.7. The molecule has 1 spiro atoms. The predicted octanol–water partition coefficient (Wildman–Crippen LogP) is 0.396. The van der Waals surface area contributed by atoms with Crippen LogP contribution in [0.2, 0.25) is 0 Å². The Morgan fingerprint density at radius 1 is 1.05 bits per heavy atom. The lowest BCUT2D eigenvalue weighted by molar-refractivity contribution is -0.194. The van der Waals surface area contributed by atoms with Gasteiger partial charge >= 0.3 is 29.8 Å². The third-order valence-corrected chi connectivity index (χ3v) is 8.74. The molecule has 0 amide bonds. The summed E-state index contributed by atoms with van der Waals surface area (Å²) in [6.45, 7) is 3.56. The average molecular weight is 604 g/mol. The Bertz CT molecular complexity index is 1420. The van der Waals surface area contributed by atoms with Crippen LogP contribution in [0.3, 0.4) is 0 Å². The van der Waals surface area contributed by atoms with E-state index in [9.17, 15) is 29.1 Å². The van der Waals surface area contributed by atoms with Gasteiger partial charge in [0.1, 0.15) is 5.76 Å². The highest BCUT2D eigenvalue weighted by atomic mass is 16.6. The number of methoxy groups -OCH3 is 1. The highest BCUT2D eigenvalue weighted by Crippen LogP contribution is 2.65. The van der Waals surface area contributed by atoms with E-state index in [2.05, 4.69) is 4.90 Å². The Labute approximate surface area is 246 Å². The molecule has 2 aliphatic carbocycles. The number of aliphatic hydroxyl groups is 1. The topological polar surface area (TPSA) is 184 Å². The number of esters is 4. The molecule has 14 heteroatoms. The highest BCUT2D eigenvalue weighted by Gasteiger charge is 2.72. The van der Waals surface area contributed by atoms with Crippen LogP contribution < -0.4 is 9.47 Å². The third kappa shape index (κ3) is 4.68. The number of benzene rings is 1. The quantitative estimate of drug-likeness (QED) is 0.292. The lowest BCUT2D eigenvalue weighted by Crippen LogP contribution is -2.74. The van der Waals surface area contributed by atoms with Gasteiger partial charge in [0.15, 0.2) is 23.7 Å². The molecule has 1 saturated heterocycles. The number of carboxylic acids is 1. The number of hydrogen-bond acceptors (Lipinski definition) is 13. The number of nitrogens with zero attached hydrogens (tertiary/aromatic N) is 1. The summed E-state index contributed by atoms with van der Waals surface area (Å²) in [5.41, 5.74) is -0.563. The minimum atomic E-state index is -2.18. The molecule has 4 aliphatic rings. The number of aliphatic carboxylic acids is 1. The van der Waals surface area contributed by atoms with Crippen LogP contribution >= 0.6 is 0 Å². The maximum atomic E-state index is 13.6. The van der Waals surface area contributed by atoms with Crippen LogP contribution in [0.4, 0.5) is 0 Å². The van der Waals surface area contributed by atoms with Crippen LogP contribution in [0.25, 0.3) is 0 Å². The Balaban J connectivity index is 1.52. The van der Waals surface area contributed by atoms with Gasteiger partial charge in [0, 0.05) is 31.9 Å². The van der Waals surface area contributed by atoms with Crippen molar-refractivity contribution in [3.05, 3.63) is 35.1 Å². The van der Waals surface area contributed by atoms with Crippen molar-refractivity contribution < 1.29 is 62.6 Å². The molecule has 2 heterocycles. The molecule has 0 aromatic heterocycles. The Kier molecular flexibility index (Phi) is 7.63. The second-order valence-corrected chi connectivity index (χ2v) is 11.2. The number of ether oxygens (including phenoxy) is 6. The van der Waals surface area contributed by atoms with Crippen molar-refractivity contribution in [3.8, 4) is 11.5 Å². The van der Waals surface area contributed by atoms with Gasteiger partial charge in [-0.25, -0.2) is 14.4 Å². The van der Waals surface area contributed by atoms with E-state index in [1.54, 1.807) is 6.07 Å². The third-order valence-electron chi connectivity index (χ3n) is 8.74. The van der Waals surface area contributed by atoms with E-state index in [4.69, 9.17) is 33.5 Å². The van der Waals surface area contributed by atoms with Crippen LogP contribution in [0.15, 0.2) is 24.0 Å². The summed E-state index contributed by atoms with van der Waals surface area (Å²) >= 11 is 0. The standard InChI is InChI=1S/C29H33NO13/c1-13(25(33)34)39-26(35)22(40-14(2)31)23(41-15(3)32)27(36)42-18-8-9-29(37)19-12-16-6-7-17(38-5)21-20(16)28(29,24(18)43-21)10-11-30(19)4/h6-8,13,19,22-24,37H,9-12H2,1-5H3,(H,33,34)/t13-,19-,22+,23+,24-,28-,29+/m0/s1. The molecule has 232 valence electrons. The van der Waals surface area contributed by atoms with Crippen LogP contribution in [-0.4, -0.2) is 102 Å². The molecule has 2 bridgehead atoms. The number of likely N-dealkylation sites (N-methyl/N-ethyl adjacent to an activating group) is 1. The lowest BCUT2D eigenvalue weighted by atomic mass is 9.50. The van der Waals surface area contributed by atoms with Gasteiger partial charge in [0.2, 0.25) is 12.2 Å². The monoisotopic (exact) mass is 603 g/mol. The summed E-state index contributed by atoms with van der Waals surface area (Å²) in [4.78, 5) is 63.7. The fraction of sp³-hybridized carbons (Fsp3) is 0.552. The van der Waals surface area contributed by atoms with Crippen molar-refractivity contribution in [2.75, 3.05) is 20.7 Å². The molecule has 5 rings (SSSR count). The molecule has 1 aromatic carbocycles. The molecule has 0 unspecified atom stereocenters. The van der Waals surface area contributed by atoms with E-state index in [1.165, 1.54) is 13.2 Å². The highest BCUT2D eigenvalue weighted by molar-refractivity contribution is 5.90. The summed E-state index contributed by atoms with van der Waals surface area (Å²) in [5, 5.41) is 21.5.